The van der Waals surface area contributed by atoms with Crippen LogP contribution in [0.2, 0.25) is 5.02 Å². The second-order valence-corrected chi connectivity index (χ2v) is 5.72. The average molecular weight is 284 g/mol. The highest BCUT2D eigenvalue weighted by Gasteiger charge is 2.16. The van der Waals surface area contributed by atoms with Crippen LogP contribution in [0.25, 0.3) is 0 Å². The predicted molar refractivity (Wildman–Crippen MR) is 77.3 cm³/mol. The molecule has 0 aliphatic heterocycles. The van der Waals surface area contributed by atoms with Gasteiger partial charge in [-0.2, -0.15) is 5.10 Å². The van der Waals surface area contributed by atoms with Crippen LogP contribution in [0.15, 0.2) is 23.8 Å². The van der Waals surface area contributed by atoms with Crippen molar-refractivity contribution in [2.45, 2.75) is 25.8 Å². The number of nitrogens with zero attached hydrogens (tertiary/aromatic N) is 2. The number of hydrogen-bond donors (Lipinski definition) is 1. The highest BCUT2D eigenvalue weighted by atomic mass is 35.5. The Hall–Kier alpha value is -0.840. The van der Waals surface area contributed by atoms with Crippen LogP contribution >= 0.6 is 22.9 Å². The highest BCUT2D eigenvalue weighted by Crippen LogP contribution is 2.30. The maximum Gasteiger partial charge on any atom is 0.0561 e. The van der Waals surface area contributed by atoms with Gasteiger partial charge < -0.3 is 5.32 Å². The fourth-order valence-corrected chi connectivity index (χ4v) is 3.21. The molecule has 0 fully saturated rings. The lowest BCUT2D eigenvalue weighted by Gasteiger charge is -2.17. The zero-order valence-corrected chi connectivity index (χ0v) is 12.3. The molecule has 0 aromatic carbocycles. The van der Waals surface area contributed by atoms with Gasteiger partial charge in [-0.25, -0.2) is 0 Å². The number of nitrogens with one attached hydrogen (secondary N) is 1. The molecule has 1 N–H and O–H groups in total. The third-order valence-electron chi connectivity index (χ3n) is 2.80. The van der Waals surface area contributed by atoms with Gasteiger partial charge in [-0.1, -0.05) is 18.5 Å². The first-order valence-electron chi connectivity index (χ1n) is 6.14. The lowest BCUT2D eigenvalue weighted by atomic mass is 10.1. The van der Waals surface area contributed by atoms with Crippen LogP contribution in [0.5, 0.6) is 0 Å². The quantitative estimate of drug-likeness (QED) is 0.880. The molecule has 98 valence electrons. The van der Waals surface area contributed by atoms with Gasteiger partial charge in [0.2, 0.25) is 0 Å². The van der Waals surface area contributed by atoms with Gasteiger partial charge in [-0.3, -0.25) is 4.68 Å². The summed E-state index contributed by atoms with van der Waals surface area (Å²) in [5, 5.41) is 10.7. The van der Waals surface area contributed by atoms with Crippen molar-refractivity contribution in [3.05, 3.63) is 39.3 Å². The van der Waals surface area contributed by atoms with Crippen LogP contribution in [0.3, 0.4) is 0 Å². The Morgan fingerprint density at radius 1 is 1.56 bits per heavy atom. The average Bonchev–Trinajstić information content (AvgIpc) is 2.93. The van der Waals surface area contributed by atoms with Crippen LogP contribution in [-0.2, 0) is 13.5 Å². The molecule has 0 bridgehead atoms. The summed E-state index contributed by atoms with van der Waals surface area (Å²) in [6, 6.07) is 2.24. The number of thiophene rings is 1. The number of hydrogen-bond acceptors (Lipinski definition) is 3. The summed E-state index contributed by atoms with van der Waals surface area (Å²) in [7, 11) is 1.94. The Bertz CT molecular complexity index is 492. The van der Waals surface area contributed by atoms with E-state index in [-0.39, 0.29) is 6.04 Å². The van der Waals surface area contributed by atoms with Gasteiger partial charge in [-0.15, -0.1) is 11.3 Å². The van der Waals surface area contributed by atoms with E-state index >= 15 is 0 Å². The topological polar surface area (TPSA) is 29.9 Å². The molecular formula is C13H18ClN3S. The maximum atomic E-state index is 6.23. The van der Waals surface area contributed by atoms with Crippen LogP contribution in [-0.4, -0.2) is 16.3 Å². The van der Waals surface area contributed by atoms with E-state index in [2.05, 4.69) is 23.5 Å². The van der Waals surface area contributed by atoms with Gasteiger partial charge in [0, 0.05) is 24.2 Å². The van der Waals surface area contributed by atoms with Crippen molar-refractivity contribution in [2.75, 3.05) is 6.54 Å². The minimum Gasteiger partial charge on any atom is -0.309 e. The third kappa shape index (κ3) is 3.34. The Morgan fingerprint density at radius 2 is 2.39 bits per heavy atom. The van der Waals surface area contributed by atoms with E-state index in [0.717, 1.165) is 24.4 Å². The van der Waals surface area contributed by atoms with E-state index in [1.165, 1.54) is 10.4 Å². The molecule has 2 rings (SSSR count). The number of aromatic nitrogens is 2. The zero-order chi connectivity index (χ0) is 13.0. The van der Waals surface area contributed by atoms with Gasteiger partial charge in [0.25, 0.3) is 0 Å². The summed E-state index contributed by atoms with van der Waals surface area (Å²) in [6.07, 6.45) is 6.02. The molecule has 0 saturated heterocycles. The fourth-order valence-electron chi connectivity index (χ4n) is 1.94. The molecule has 18 heavy (non-hydrogen) atoms. The van der Waals surface area contributed by atoms with E-state index in [0.29, 0.717) is 0 Å². The van der Waals surface area contributed by atoms with Gasteiger partial charge in [-0.05, 0) is 36.4 Å². The number of rotatable bonds is 6. The minimum atomic E-state index is 0.279. The molecule has 0 amide bonds. The van der Waals surface area contributed by atoms with Crippen LogP contribution in [0, 0.1) is 0 Å². The third-order valence-corrected chi connectivity index (χ3v) is 4.27. The Morgan fingerprint density at radius 3 is 2.94 bits per heavy atom. The molecule has 2 heterocycles. The molecular weight excluding hydrogens is 266 g/mol. The number of halogens is 1. The normalized spacial score (nSPS) is 12.8. The van der Waals surface area contributed by atoms with E-state index in [9.17, 15) is 0 Å². The summed E-state index contributed by atoms with van der Waals surface area (Å²) < 4.78 is 1.84. The Kier molecular flexibility index (Phi) is 4.80. The first kappa shape index (κ1) is 13.6. The van der Waals surface area contributed by atoms with Crippen LogP contribution in [0.1, 0.15) is 29.8 Å². The Balaban J connectivity index is 2.12. The van der Waals surface area contributed by atoms with Gasteiger partial charge in [0.1, 0.15) is 0 Å². The molecule has 0 aliphatic rings. The summed E-state index contributed by atoms with van der Waals surface area (Å²) in [5.41, 5.74) is 1.23. The molecule has 0 spiro atoms. The molecule has 1 atom stereocenters. The summed E-state index contributed by atoms with van der Waals surface area (Å²) in [4.78, 5) is 1.22. The second-order valence-electron chi connectivity index (χ2n) is 4.37. The standard InChI is InChI=1S/C13H18ClN3S/c1-3-5-15-12(13-11(14)4-6-18-13)7-10-8-16-17(2)9-10/h4,6,8-9,12,15H,3,5,7H2,1-2H3. The van der Waals surface area contributed by atoms with E-state index in [1.54, 1.807) is 11.3 Å². The van der Waals surface area contributed by atoms with Crippen LogP contribution < -0.4 is 5.32 Å². The van der Waals surface area contributed by atoms with Crippen molar-refractivity contribution in [3.63, 3.8) is 0 Å². The molecule has 2 aromatic heterocycles. The smallest absolute Gasteiger partial charge is 0.0561 e. The molecule has 0 radical (unpaired) electrons. The highest BCUT2D eigenvalue weighted by molar-refractivity contribution is 7.10. The molecule has 5 heteroatoms. The molecule has 3 nitrogen and oxygen atoms in total. The lowest BCUT2D eigenvalue weighted by molar-refractivity contribution is 0.536. The second kappa shape index (κ2) is 6.36. The largest absolute Gasteiger partial charge is 0.309 e. The number of aryl methyl sites for hydroxylation is 1. The first-order valence-corrected chi connectivity index (χ1v) is 7.40. The fraction of sp³-hybridized carbons (Fsp3) is 0.462. The van der Waals surface area contributed by atoms with Crippen molar-refractivity contribution in [1.82, 2.24) is 15.1 Å². The molecule has 0 aliphatic carbocycles. The van der Waals surface area contributed by atoms with Gasteiger partial charge >= 0.3 is 0 Å². The minimum absolute atomic E-state index is 0.279. The first-order chi connectivity index (χ1) is 8.70. The maximum absolute atomic E-state index is 6.23. The van der Waals surface area contributed by atoms with Crippen molar-refractivity contribution >= 4 is 22.9 Å². The van der Waals surface area contributed by atoms with E-state index in [4.69, 9.17) is 11.6 Å². The Labute approximate surface area is 117 Å². The SMILES string of the molecule is CCCNC(Cc1cnn(C)c1)c1sccc1Cl. The molecule has 2 aromatic rings. The predicted octanol–water partition coefficient (Wildman–Crippen LogP) is 3.42. The summed E-state index contributed by atoms with van der Waals surface area (Å²) >= 11 is 7.95. The van der Waals surface area contributed by atoms with Gasteiger partial charge in [0.05, 0.1) is 11.2 Å². The molecule has 1 unspecified atom stereocenters. The summed E-state index contributed by atoms with van der Waals surface area (Å²) in [5.74, 6) is 0. The van der Waals surface area contributed by atoms with Crippen molar-refractivity contribution < 1.29 is 0 Å². The van der Waals surface area contributed by atoms with Crippen molar-refractivity contribution in [1.29, 1.82) is 0 Å². The zero-order valence-electron chi connectivity index (χ0n) is 10.7. The monoisotopic (exact) mass is 283 g/mol. The van der Waals surface area contributed by atoms with Crippen molar-refractivity contribution in [2.24, 2.45) is 7.05 Å². The lowest BCUT2D eigenvalue weighted by Crippen LogP contribution is -2.23. The van der Waals surface area contributed by atoms with Crippen LogP contribution in [0.4, 0.5) is 0 Å². The van der Waals surface area contributed by atoms with E-state index in [1.807, 2.05) is 29.4 Å². The summed E-state index contributed by atoms with van der Waals surface area (Å²) in [6.45, 7) is 3.17. The van der Waals surface area contributed by atoms with Crippen molar-refractivity contribution in [3.8, 4) is 0 Å². The molecule has 0 saturated carbocycles. The van der Waals surface area contributed by atoms with E-state index < -0.39 is 0 Å². The van der Waals surface area contributed by atoms with Gasteiger partial charge in [0.15, 0.2) is 0 Å².